The Morgan fingerprint density at radius 3 is 2.80 bits per heavy atom. The van der Waals surface area contributed by atoms with Gasteiger partial charge in [0, 0.05) is 23.5 Å². The zero-order valence-corrected chi connectivity index (χ0v) is 8.48. The molecule has 2 aromatic rings. The van der Waals surface area contributed by atoms with Crippen LogP contribution in [0.5, 0.6) is 0 Å². The molecule has 0 saturated heterocycles. The van der Waals surface area contributed by atoms with Crippen molar-refractivity contribution in [2.75, 3.05) is 0 Å². The van der Waals surface area contributed by atoms with Crippen LogP contribution in [0, 0.1) is 0 Å². The summed E-state index contributed by atoms with van der Waals surface area (Å²) in [6, 6.07) is 7.12. The summed E-state index contributed by atoms with van der Waals surface area (Å²) in [6.07, 6.45) is 3.85. The average molecular weight is 219 g/mol. The van der Waals surface area contributed by atoms with E-state index in [0.29, 0.717) is 22.0 Å². The third-order valence-corrected chi connectivity index (χ3v) is 2.18. The van der Waals surface area contributed by atoms with Crippen LogP contribution < -0.4 is 0 Å². The molecular weight excluding hydrogens is 212 g/mol. The van der Waals surface area contributed by atoms with Crippen molar-refractivity contribution in [3.05, 3.63) is 47.4 Å². The molecule has 0 aromatic carbocycles. The fourth-order valence-corrected chi connectivity index (χ4v) is 1.44. The molecule has 0 aliphatic heterocycles. The maximum absolute atomic E-state index is 10.8. The Morgan fingerprint density at radius 2 is 2.13 bits per heavy atom. The number of hydrogen-bond donors (Lipinski definition) is 0. The van der Waals surface area contributed by atoms with Gasteiger partial charge >= 0.3 is 0 Å². The van der Waals surface area contributed by atoms with Crippen molar-refractivity contribution < 1.29 is 4.79 Å². The van der Waals surface area contributed by atoms with E-state index in [4.69, 9.17) is 11.6 Å². The number of carbonyl (C=O) groups excluding carboxylic acids is 1. The number of carbonyl (C=O) groups is 1. The van der Waals surface area contributed by atoms with Crippen molar-refractivity contribution in [3.8, 4) is 11.3 Å². The van der Waals surface area contributed by atoms with E-state index in [1.165, 1.54) is 6.20 Å². The van der Waals surface area contributed by atoms with Gasteiger partial charge in [0.1, 0.15) is 5.15 Å². The number of pyridine rings is 2. The summed E-state index contributed by atoms with van der Waals surface area (Å²) in [5.74, 6) is 0. The Hall–Kier alpha value is -1.74. The summed E-state index contributed by atoms with van der Waals surface area (Å²) in [5.41, 5.74) is 1.90. The van der Waals surface area contributed by atoms with Gasteiger partial charge in [-0.2, -0.15) is 0 Å². The van der Waals surface area contributed by atoms with Gasteiger partial charge in [0.15, 0.2) is 6.29 Å². The lowest BCUT2D eigenvalue weighted by atomic mass is 10.1. The number of aldehydes is 1. The van der Waals surface area contributed by atoms with Gasteiger partial charge in [0.25, 0.3) is 0 Å². The van der Waals surface area contributed by atoms with E-state index in [0.717, 1.165) is 6.29 Å². The standard InChI is InChI=1S/C11H7ClN2O/c12-11-5-9(8(7-15)6-14-11)10-3-1-2-4-13-10/h1-7H. The van der Waals surface area contributed by atoms with Crippen LogP contribution in [0.1, 0.15) is 10.4 Å². The number of halogens is 1. The first kappa shape index (κ1) is 9.80. The number of nitrogens with zero attached hydrogens (tertiary/aromatic N) is 2. The molecule has 0 amide bonds. The van der Waals surface area contributed by atoms with Crippen LogP contribution in [-0.4, -0.2) is 16.3 Å². The van der Waals surface area contributed by atoms with Crippen molar-refractivity contribution >= 4 is 17.9 Å². The molecule has 2 rings (SSSR count). The van der Waals surface area contributed by atoms with Crippen LogP contribution in [0.2, 0.25) is 5.15 Å². The SMILES string of the molecule is O=Cc1cnc(Cl)cc1-c1ccccn1. The highest BCUT2D eigenvalue weighted by atomic mass is 35.5. The predicted octanol–water partition coefficient (Wildman–Crippen LogP) is 2.61. The number of aromatic nitrogens is 2. The fourth-order valence-electron chi connectivity index (χ4n) is 1.28. The van der Waals surface area contributed by atoms with E-state index in [-0.39, 0.29) is 0 Å². The Bertz CT molecular complexity index is 485. The van der Waals surface area contributed by atoms with Gasteiger partial charge in [-0.15, -0.1) is 0 Å². The molecule has 0 fully saturated rings. The lowest BCUT2D eigenvalue weighted by Gasteiger charge is -2.03. The first-order chi connectivity index (χ1) is 7.31. The van der Waals surface area contributed by atoms with Gasteiger partial charge < -0.3 is 0 Å². The fraction of sp³-hybridized carbons (Fsp3) is 0. The molecule has 2 heterocycles. The van der Waals surface area contributed by atoms with Crippen LogP contribution in [0.15, 0.2) is 36.7 Å². The molecule has 15 heavy (non-hydrogen) atoms. The molecule has 0 spiro atoms. The van der Waals surface area contributed by atoms with Crippen LogP contribution >= 0.6 is 11.6 Å². The number of hydrogen-bond acceptors (Lipinski definition) is 3. The Kier molecular flexibility index (Phi) is 2.74. The van der Waals surface area contributed by atoms with Crippen molar-refractivity contribution in [3.63, 3.8) is 0 Å². The monoisotopic (exact) mass is 218 g/mol. The van der Waals surface area contributed by atoms with Crippen LogP contribution in [0.3, 0.4) is 0 Å². The van der Waals surface area contributed by atoms with E-state index >= 15 is 0 Å². The zero-order chi connectivity index (χ0) is 10.7. The van der Waals surface area contributed by atoms with Crippen LogP contribution in [0.25, 0.3) is 11.3 Å². The van der Waals surface area contributed by atoms with E-state index in [1.807, 2.05) is 18.2 Å². The minimum Gasteiger partial charge on any atom is -0.298 e. The van der Waals surface area contributed by atoms with Crippen LogP contribution in [-0.2, 0) is 0 Å². The summed E-state index contributed by atoms with van der Waals surface area (Å²) in [7, 11) is 0. The first-order valence-electron chi connectivity index (χ1n) is 4.33. The molecule has 4 heteroatoms. The van der Waals surface area contributed by atoms with E-state index in [1.54, 1.807) is 12.3 Å². The summed E-state index contributed by atoms with van der Waals surface area (Å²) in [6.45, 7) is 0. The molecule has 3 nitrogen and oxygen atoms in total. The van der Waals surface area contributed by atoms with Gasteiger partial charge in [-0.1, -0.05) is 17.7 Å². The minimum atomic E-state index is 0.348. The highest BCUT2D eigenvalue weighted by Gasteiger charge is 2.06. The third kappa shape index (κ3) is 2.02. The maximum Gasteiger partial charge on any atom is 0.152 e. The molecule has 0 saturated carbocycles. The lowest BCUT2D eigenvalue weighted by Crippen LogP contribution is -1.91. The summed E-state index contributed by atoms with van der Waals surface area (Å²) >= 11 is 5.77. The van der Waals surface area contributed by atoms with Crippen molar-refractivity contribution in [2.24, 2.45) is 0 Å². The molecule has 0 unspecified atom stereocenters. The molecule has 2 aromatic heterocycles. The molecule has 0 N–H and O–H groups in total. The van der Waals surface area contributed by atoms with E-state index < -0.39 is 0 Å². The largest absolute Gasteiger partial charge is 0.298 e. The molecule has 0 aliphatic carbocycles. The van der Waals surface area contributed by atoms with Gasteiger partial charge in [0.2, 0.25) is 0 Å². The molecule has 0 radical (unpaired) electrons. The van der Waals surface area contributed by atoms with Crippen LogP contribution in [0.4, 0.5) is 0 Å². The third-order valence-electron chi connectivity index (χ3n) is 1.97. The smallest absolute Gasteiger partial charge is 0.152 e. The highest BCUT2D eigenvalue weighted by molar-refractivity contribution is 6.29. The Balaban J connectivity index is 2.61. The van der Waals surface area contributed by atoms with Crippen molar-refractivity contribution in [2.45, 2.75) is 0 Å². The zero-order valence-electron chi connectivity index (χ0n) is 7.72. The Labute approximate surface area is 91.8 Å². The Morgan fingerprint density at radius 1 is 1.27 bits per heavy atom. The van der Waals surface area contributed by atoms with Crippen molar-refractivity contribution in [1.82, 2.24) is 9.97 Å². The normalized spacial score (nSPS) is 9.93. The molecular formula is C11H7ClN2O. The quantitative estimate of drug-likeness (QED) is 0.575. The van der Waals surface area contributed by atoms with Gasteiger partial charge in [-0.25, -0.2) is 4.98 Å². The van der Waals surface area contributed by atoms with E-state index in [2.05, 4.69) is 9.97 Å². The first-order valence-corrected chi connectivity index (χ1v) is 4.71. The highest BCUT2D eigenvalue weighted by Crippen LogP contribution is 2.22. The van der Waals surface area contributed by atoms with Gasteiger partial charge in [-0.3, -0.25) is 9.78 Å². The second kappa shape index (κ2) is 4.19. The van der Waals surface area contributed by atoms with E-state index in [9.17, 15) is 4.79 Å². The second-order valence-electron chi connectivity index (χ2n) is 2.93. The molecule has 0 bridgehead atoms. The second-order valence-corrected chi connectivity index (χ2v) is 3.31. The molecule has 0 atom stereocenters. The predicted molar refractivity (Wildman–Crippen MR) is 57.9 cm³/mol. The topological polar surface area (TPSA) is 42.9 Å². The van der Waals surface area contributed by atoms with Crippen molar-refractivity contribution in [1.29, 1.82) is 0 Å². The van der Waals surface area contributed by atoms with Gasteiger partial charge in [0.05, 0.1) is 5.69 Å². The lowest BCUT2D eigenvalue weighted by molar-refractivity contribution is 0.112. The molecule has 0 aliphatic rings. The minimum absolute atomic E-state index is 0.348. The maximum atomic E-state index is 10.8. The molecule has 74 valence electrons. The summed E-state index contributed by atoms with van der Waals surface area (Å²) < 4.78 is 0. The van der Waals surface area contributed by atoms with Gasteiger partial charge in [-0.05, 0) is 18.2 Å². The average Bonchev–Trinajstić information content (AvgIpc) is 2.30. The summed E-state index contributed by atoms with van der Waals surface area (Å²) in [4.78, 5) is 18.8. The summed E-state index contributed by atoms with van der Waals surface area (Å²) in [5, 5.41) is 0.348. The number of rotatable bonds is 2.